The molecule has 7 nitrogen and oxygen atoms in total. The van der Waals surface area contributed by atoms with Gasteiger partial charge in [-0.15, -0.1) is 0 Å². The summed E-state index contributed by atoms with van der Waals surface area (Å²) in [6.07, 6.45) is 5.13. The van der Waals surface area contributed by atoms with Gasteiger partial charge in [-0.25, -0.2) is 13.1 Å². The Morgan fingerprint density at radius 2 is 1.81 bits per heavy atom. The van der Waals surface area contributed by atoms with Crippen LogP contribution < -0.4 is 9.46 Å². The van der Waals surface area contributed by atoms with E-state index in [4.69, 9.17) is 4.74 Å². The molecule has 8 heteroatoms. The van der Waals surface area contributed by atoms with Gasteiger partial charge in [-0.3, -0.25) is 9.69 Å². The molecular weight excluding hydrogens is 354 g/mol. The topological polar surface area (TPSA) is 79.0 Å². The Kier molecular flexibility index (Phi) is 5.84. The molecule has 1 saturated carbocycles. The maximum atomic E-state index is 12.8. The van der Waals surface area contributed by atoms with Gasteiger partial charge in [0.1, 0.15) is 10.6 Å². The Hall–Kier alpha value is -1.64. The molecule has 1 saturated heterocycles. The van der Waals surface area contributed by atoms with E-state index in [0.29, 0.717) is 24.7 Å². The van der Waals surface area contributed by atoms with Crippen molar-refractivity contribution in [2.75, 3.05) is 40.3 Å². The van der Waals surface area contributed by atoms with Gasteiger partial charge in [0.15, 0.2) is 0 Å². The van der Waals surface area contributed by atoms with Crippen LogP contribution in [0.5, 0.6) is 5.75 Å². The van der Waals surface area contributed by atoms with Crippen LogP contribution in [0.2, 0.25) is 0 Å². The predicted octanol–water partition coefficient (Wildman–Crippen LogP) is 1.30. The molecule has 1 aliphatic heterocycles. The fraction of sp³-hybridized carbons (Fsp3) is 0.611. The average molecular weight is 381 g/mol. The van der Waals surface area contributed by atoms with Gasteiger partial charge < -0.3 is 9.64 Å². The van der Waals surface area contributed by atoms with E-state index in [1.165, 1.54) is 52.0 Å². The van der Waals surface area contributed by atoms with Gasteiger partial charge in [0.2, 0.25) is 10.0 Å². The summed E-state index contributed by atoms with van der Waals surface area (Å²) < 4.78 is 31.8. The fourth-order valence-electron chi connectivity index (χ4n) is 3.87. The summed E-state index contributed by atoms with van der Waals surface area (Å²) >= 11 is 0. The molecule has 0 aromatic heterocycles. The summed E-state index contributed by atoms with van der Waals surface area (Å²) in [6, 6.07) is 5.22. The van der Waals surface area contributed by atoms with Crippen molar-refractivity contribution in [2.45, 2.75) is 36.6 Å². The summed E-state index contributed by atoms with van der Waals surface area (Å²) in [4.78, 5) is 17.1. The number of benzene rings is 1. The maximum Gasteiger partial charge on any atom is 0.253 e. The minimum Gasteiger partial charge on any atom is -0.495 e. The summed E-state index contributed by atoms with van der Waals surface area (Å²) in [7, 11) is -0.952. The highest BCUT2D eigenvalue weighted by Gasteiger charge is 2.29. The van der Waals surface area contributed by atoms with Crippen LogP contribution in [0.25, 0.3) is 0 Å². The molecule has 26 heavy (non-hydrogen) atoms. The van der Waals surface area contributed by atoms with Gasteiger partial charge in [0.25, 0.3) is 5.91 Å². The lowest BCUT2D eigenvalue weighted by Gasteiger charge is -2.38. The fourth-order valence-corrected chi connectivity index (χ4v) is 4.79. The number of carbonyl (C=O) groups is 1. The highest BCUT2D eigenvalue weighted by Crippen LogP contribution is 2.27. The number of methoxy groups -OCH3 is 1. The second kappa shape index (κ2) is 7.94. The second-order valence-electron chi connectivity index (χ2n) is 6.84. The van der Waals surface area contributed by atoms with Crippen molar-refractivity contribution in [1.29, 1.82) is 0 Å². The Bertz CT molecular complexity index is 752. The van der Waals surface area contributed by atoms with Crippen LogP contribution in [-0.2, 0) is 10.0 Å². The molecule has 2 aliphatic rings. The SMILES string of the molecule is CNS(=O)(=O)c1cc(C(=O)N2CCN(C3CCCC3)CC2)ccc1OC. The number of amides is 1. The van der Waals surface area contributed by atoms with Crippen molar-refractivity contribution < 1.29 is 17.9 Å². The largest absolute Gasteiger partial charge is 0.495 e. The average Bonchev–Trinajstić information content (AvgIpc) is 3.22. The standard InChI is InChI=1S/C18H27N3O4S/c1-19-26(23,24)17-13-14(7-8-16(17)25-2)18(22)21-11-9-20(10-12-21)15-5-3-4-6-15/h7-8,13,15,19H,3-6,9-12H2,1-2H3. The number of hydrogen-bond acceptors (Lipinski definition) is 5. The lowest BCUT2D eigenvalue weighted by atomic mass is 10.1. The summed E-state index contributed by atoms with van der Waals surface area (Å²) in [5.74, 6) is 0.0910. The van der Waals surface area contributed by atoms with Crippen LogP contribution in [-0.4, -0.2) is 70.5 Å². The zero-order chi connectivity index (χ0) is 18.7. The third-order valence-corrected chi connectivity index (χ3v) is 6.85. The summed E-state index contributed by atoms with van der Waals surface area (Å²) in [6.45, 7) is 3.12. The van der Waals surface area contributed by atoms with E-state index in [1.54, 1.807) is 6.07 Å². The van der Waals surface area contributed by atoms with E-state index < -0.39 is 10.0 Å². The molecule has 1 aliphatic carbocycles. The summed E-state index contributed by atoms with van der Waals surface area (Å²) in [5.41, 5.74) is 0.369. The van der Waals surface area contributed by atoms with Gasteiger partial charge in [-0.2, -0.15) is 0 Å². The molecule has 0 bridgehead atoms. The third-order valence-electron chi connectivity index (χ3n) is 5.41. The highest BCUT2D eigenvalue weighted by molar-refractivity contribution is 7.89. The Labute approximate surface area is 155 Å². The van der Waals surface area contributed by atoms with E-state index in [2.05, 4.69) is 9.62 Å². The Morgan fingerprint density at radius 1 is 1.15 bits per heavy atom. The monoisotopic (exact) mass is 381 g/mol. The van der Waals surface area contributed by atoms with Gasteiger partial charge in [-0.1, -0.05) is 12.8 Å². The quantitative estimate of drug-likeness (QED) is 0.832. The number of hydrogen-bond donors (Lipinski definition) is 1. The van der Waals surface area contributed by atoms with Crippen molar-refractivity contribution in [3.8, 4) is 5.75 Å². The summed E-state index contributed by atoms with van der Waals surface area (Å²) in [5, 5.41) is 0. The van der Waals surface area contributed by atoms with Crippen LogP contribution in [0.4, 0.5) is 0 Å². The van der Waals surface area contributed by atoms with E-state index in [9.17, 15) is 13.2 Å². The van der Waals surface area contributed by atoms with Crippen LogP contribution in [0, 0.1) is 0 Å². The zero-order valence-electron chi connectivity index (χ0n) is 15.4. The Morgan fingerprint density at radius 3 is 2.38 bits per heavy atom. The number of rotatable bonds is 5. The minimum atomic E-state index is -3.70. The van der Waals surface area contributed by atoms with E-state index >= 15 is 0 Å². The lowest BCUT2D eigenvalue weighted by Crippen LogP contribution is -2.51. The molecule has 0 atom stereocenters. The Balaban J connectivity index is 1.73. The number of nitrogens with one attached hydrogen (secondary N) is 1. The molecule has 2 fully saturated rings. The van der Waals surface area contributed by atoms with Crippen LogP contribution in [0.15, 0.2) is 23.1 Å². The van der Waals surface area contributed by atoms with Gasteiger partial charge >= 0.3 is 0 Å². The third kappa shape index (κ3) is 3.87. The lowest BCUT2D eigenvalue weighted by molar-refractivity contribution is 0.0573. The molecular formula is C18H27N3O4S. The number of ether oxygens (including phenoxy) is 1. The normalized spacial score (nSPS) is 19.7. The van der Waals surface area contributed by atoms with Gasteiger partial charge in [0.05, 0.1) is 7.11 Å². The van der Waals surface area contributed by atoms with Crippen molar-refractivity contribution >= 4 is 15.9 Å². The predicted molar refractivity (Wildman–Crippen MR) is 99.0 cm³/mol. The van der Waals surface area contributed by atoms with Gasteiger partial charge in [0, 0.05) is 37.8 Å². The molecule has 1 aromatic rings. The first-order chi connectivity index (χ1) is 12.5. The molecule has 0 radical (unpaired) electrons. The first-order valence-electron chi connectivity index (χ1n) is 9.11. The molecule has 1 aromatic carbocycles. The van der Waals surface area contributed by atoms with Gasteiger partial charge in [-0.05, 0) is 38.1 Å². The van der Waals surface area contributed by atoms with Crippen molar-refractivity contribution in [3.05, 3.63) is 23.8 Å². The molecule has 0 spiro atoms. The van der Waals surface area contributed by atoms with Crippen LogP contribution >= 0.6 is 0 Å². The van der Waals surface area contributed by atoms with Crippen molar-refractivity contribution in [2.24, 2.45) is 0 Å². The molecule has 144 valence electrons. The van der Waals surface area contributed by atoms with E-state index in [0.717, 1.165) is 13.1 Å². The molecule has 0 unspecified atom stereocenters. The maximum absolute atomic E-state index is 12.8. The number of sulfonamides is 1. The number of piperazine rings is 1. The molecule has 3 rings (SSSR count). The zero-order valence-corrected chi connectivity index (χ0v) is 16.2. The molecule has 1 N–H and O–H groups in total. The van der Waals surface area contributed by atoms with Crippen LogP contribution in [0.1, 0.15) is 36.0 Å². The second-order valence-corrected chi connectivity index (χ2v) is 8.69. The first-order valence-corrected chi connectivity index (χ1v) is 10.6. The first kappa shape index (κ1) is 19.1. The smallest absolute Gasteiger partial charge is 0.253 e. The number of nitrogens with zero attached hydrogens (tertiary/aromatic N) is 2. The van der Waals surface area contributed by atoms with Crippen LogP contribution in [0.3, 0.4) is 0 Å². The number of carbonyl (C=O) groups excluding carboxylic acids is 1. The molecule has 1 heterocycles. The van der Waals surface area contributed by atoms with Crippen molar-refractivity contribution in [3.63, 3.8) is 0 Å². The van der Waals surface area contributed by atoms with E-state index in [-0.39, 0.29) is 16.6 Å². The van der Waals surface area contributed by atoms with E-state index in [1.807, 2.05) is 4.90 Å². The van der Waals surface area contributed by atoms with Crippen molar-refractivity contribution in [1.82, 2.24) is 14.5 Å². The molecule has 1 amide bonds. The highest BCUT2D eigenvalue weighted by atomic mass is 32.2. The minimum absolute atomic E-state index is 0.0158.